The molecular weight excluding hydrogens is 332 g/mol. The van der Waals surface area contributed by atoms with E-state index >= 15 is 0 Å². The van der Waals surface area contributed by atoms with Gasteiger partial charge in [-0.1, -0.05) is 15.9 Å². The molecule has 0 saturated carbocycles. The van der Waals surface area contributed by atoms with Gasteiger partial charge in [0.15, 0.2) is 0 Å². The van der Waals surface area contributed by atoms with Gasteiger partial charge in [0.1, 0.15) is 11.3 Å². The maximum atomic E-state index is 12.1. The Morgan fingerprint density at radius 2 is 1.76 bits per heavy atom. The molecule has 0 heterocycles. The Morgan fingerprint density at radius 3 is 2.24 bits per heavy atom. The third kappa shape index (κ3) is 5.87. The van der Waals surface area contributed by atoms with Crippen LogP contribution in [0.5, 0.6) is 0 Å². The standard InChI is InChI=1S/C16H23BrN2O2/c1-15(2,3)19-12-8-7-10(17)9-11(12)13(18)14(20)21-16(4,5)6/h7-9,18-19H,1-6H3. The zero-order valence-corrected chi connectivity index (χ0v) is 15.0. The summed E-state index contributed by atoms with van der Waals surface area (Å²) >= 11 is 3.38. The predicted octanol–water partition coefficient (Wildman–Crippen LogP) is 4.37. The first-order valence-electron chi connectivity index (χ1n) is 6.79. The molecule has 1 aromatic rings. The molecular formula is C16H23BrN2O2. The molecule has 2 N–H and O–H groups in total. The van der Waals surface area contributed by atoms with Crippen LogP contribution >= 0.6 is 15.9 Å². The van der Waals surface area contributed by atoms with Crippen molar-refractivity contribution in [1.29, 1.82) is 5.41 Å². The normalized spacial score (nSPS) is 12.0. The fourth-order valence-corrected chi connectivity index (χ4v) is 2.04. The minimum absolute atomic E-state index is 0.155. The molecule has 1 aromatic carbocycles. The topological polar surface area (TPSA) is 62.2 Å². The van der Waals surface area contributed by atoms with Crippen molar-refractivity contribution in [3.63, 3.8) is 0 Å². The number of ether oxygens (including phenoxy) is 1. The van der Waals surface area contributed by atoms with Gasteiger partial charge in [-0.15, -0.1) is 0 Å². The van der Waals surface area contributed by atoms with Gasteiger partial charge in [0.25, 0.3) is 0 Å². The summed E-state index contributed by atoms with van der Waals surface area (Å²) in [7, 11) is 0. The summed E-state index contributed by atoms with van der Waals surface area (Å²) < 4.78 is 6.08. The van der Waals surface area contributed by atoms with Crippen molar-refractivity contribution < 1.29 is 9.53 Å². The molecule has 0 aromatic heterocycles. The number of carbonyl (C=O) groups excluding carboxylic acids is 1. The molecule has 0 amide bonds. The highest BCUT2D eigenvalue weighted by Gasteiger charge is 2.24. The van der Waals surface area contributed by atoms with Crippen molar-refractivity contribution in [1.82, 2.24) is 0 Å². The van der Waals surface area contributed by atoms with E-state index in [1.807, 2.05) is 32.9 Å². The fourth-order valence-electron chi connectivity index (χ4n) is 1.68. The van der Waals surface area contributed by atoms with Crippen molar-refractivity contribution in [3.05, 3.63) is 28.2 Å². The number of carbonyl (C=O) groups is 1. The van der Waals surface area contributed by atoms with Crippen molar-refractivity contribution in [3.8, 4) is 0 Å². The maximum Gasteiger partial charge on any atom is 0.357 e. The van der Waals surface area contributed by atoms with Gasteiger partial charge < -0.3 is 10.1 Å². The minimum atomic E-state index is -0.627. The second kappa shape index (κ2) is 6.18. The number of hydrogen-bond acceptors (Lipinski definition) is 4. The smallest absolute Gasteiger partial charge is 0.357 e. The molecule has 116 valence electrons. The lowest BCUT2D eigenvalue weighted by Gasteiger charge is -2.25. The Hall–Kier alpha value is -1.36. The van der Waals surface area contributed by atoms with E-state index < -0.39 is 11.6 Å². The Bertz CT molecular complexity index is 554. The van der Waals surface area contributed by atoms with E-state index in [1.54, 1.807) is 26.8 Å². The highest BCUT2D eigenvalue weighted by atomic mass is 79.9. The molecule has 0 bridgehead atoms. The first-order chi connectivity index (χ1) is 9.39. The van der Waals surface area contributed by atoms with Crippen LogP contribution in [0.25, 0.3) is 0 Å². The number of benzene rings is 1. The largest absolute Gasteiger partial charge is 0.455 e. The molecule has 0 unspecified atom stereocenters. The lowest BCUT2D eigenvalue weighted by atomic mass is 10.0. The van der Waals surface area contributed by atoms with Gasteiger partial charge in [-0.3, -0.25) is 5.41 Å². The Kier molecular flexibility index (Phi) is 5.20. The lowest BCUT2D eigenvalue weighted by molar-refractivity contribution is -0.146. The molecule has 4 nitrogen and oxygen atoms in total. The summed E-state index contributed by atoms with van der Waals surface area (Å²) in [6.45, 7) is 11.4. The molecule has 0 saturated heterocycles. The van der Waals surface area contributed by atoms with E-state index in [0.29, 0.717) is 5.56 Å². The third-order valence-electron chi connectivity index (χ3n) is 2.36. The van der Waals surface area contributed by atoms with Crippen LogP contribution in [-0.4, -0.2) is 22.8 Å². The van der Waals surface area contributed by atoms with Gasteiger partial charge in [-0.05, 0) is 59.7 Å². The minimum Gasteiger partial charge on any atom is -0.455 e. The first kappa shape index (κ1) is 17.7. The van der Waals surface area contributed by atoms with Crippen molar-refractivity contribution >= 4 is 33.3 Å². The van der Waals surface area contributed by atoms with E-state index in [9.17, 15) is 4.79 Å². The number of anilines is 1. The SMILES string of the molecule is CC(C)(C)Nc1ccc(Br)cc1C(=N)C(=O)OC(C)(C)C. The van der Waals surface area contributed by atoms with Crippen LogP contribution in [0.3, 0.4) is 0 Å². The van der Waals surface area contributed by atoms with Gasteiger partial charge in [-0.25, -0.2) is 4.79 Å². The van der Waals surface area contributed by atoms with Gasteiger partial charge in [-0.2, -0.15) is 0 Å². The molecule has 0 aliphatic carbocycles. The molecule has 0 radical (unpaired) electrons. The van der Waals surface area contributed by atoms with Gasteiger partial charge in [0.05, 0.1) is 0 Å². The first-order valence-corrected chi connectivity index (χ1v) is 7.58. The maximum absolute atomic E-state index is 12.1. The third-order valence-corrected chi connectivity index (χ3v) is 2.86. The molecule has 0 spiro atoms. The number of hydrogen-bond donors (Lipinski definition) is 2. The molecule has 21 heavy (non-hydrogen) atoms. The quantitative estimate of drug-likeness (QED) is 0.625. The van der Waals surface area contributed by atoms with E-state index in [4.69, 9.17) is 10.1 Å². The summed E-state index contributed by atoms with van der Waals surface area (Å²) in [5, 5.41) is 11.4. The van der Waals surface area contributed by atoms with E-state index in [0.717, 1.165) is 10.2 Å². The van der Waals surface area contributed by atoms with E-state index in [-0.39, 0.29) is 11.3 Å². The molecule has 0 aliphatic heterocycles. The summed E-state index contributed by atoms with van der Waals surface area (Å²) in [5.74, 6) is -0.627. The monoisotopic (exact) mass is 354 g/mol. The second-order valence-electron chi connectivity index (χ2n) is 6.94. The average molecular weight is 355 g/mol. The molecule has 0 fully saturated rings. The van der Waals surface area contributed by atoms with Gasteiger partial charge >= 0.3 is 5.97 Å². The number of rotatable bonds is 3. The highest BCUT2D eigenvalue weighted by molar-refractivity contribution is 9.10. The molecule has 0 aliphatic rings. The van der Waals surface area contributed by atoms with Crippen LogP contribution in [-0.2, 0) is 9.53 Å². The zero-order chi connectivity index (χ0) is 16.4. The van der Waals surface area contributed by atoms with Crippen molar-refractivity contribution in [2.75, 3.05) is 5.32 Å². The second-order valence-corrected chi connectivity index (χ2v) is 7.86. The predicted molar refractivity (Wildman–Crippen MR) is 90.2 cm³/mol. The van der Waals surface area contributed by atoms with Gasteiger partial charge in [0.2, 0.25) is 0 Å². The Balaban J connectivity index is 3.13. The molecule has 5 heteroatoms. The highest BCUT2D eigenvalue weighted by Crippen LogP contribution is 2.25. The Morgan fingerprint density at radius 1 is 1.19 bits per heavy atom. The fraction of sp³-hybridized carbons (Fsp3) is 0.500. The van der Waals surface area contributed by atoms with Crippen LogP contribution in [0, 0.1) is 5.41 Å². The van der Waals surface area contributed by atoms with Crippen molar-refractivity contribution in [2.24, 2.45) is 0 Å². The van der Waals surface area contributed by atoms with Gasteiger partial charge in [0, 0.05) is 21.3 Å². The zero-order valence-electron chi connectivity index (χ0n) is 13.4. The number of halogens is 1. The number of nitrogens with one attached hydrogen (secondary N) is 2. The molecule has 0 atom stereocenters. The van der Waals surface area contributed by atoms with Crippen LogP contribution in [0.15, 0.2) is 22.7 Å². The van der Waals surface area contributed by atoms with Crippen LogP contribution in [0.1, 0.15) is 47.1 Å². The van der Waals surface area contributed by atoms with Crippen molar-refractivity contribution in [2.45, 2.75) is 52.7 Å². The average Bonchev–Trinajstić information content (AvgIpc) is 2.26. The van der Waals surface area contributed by atoms with E-state index in [1.165, 1.54) is 0 Å². The lowest BCUT2D eigenvalue weighted by Crippen LogP contribution is -2.31. The van der Waals surface area contributed by atoms with Crippen LogP contribution in [0.4, 0.5) is 5.69 Å². The summed E-state index contributed by atoms with van der Waals surface area (Å²) in [6.07, 6.45) is 0. The summed E-state index contributed by atoms with van der Waals surface area (Å²) in [4.78, 5) is 12.1. The summed E-state index contributed by atoms with van der Waals surface area (Å²) in [6, 6.07) is 5.48. The van der Waals surface area contributed by atoms with E-state index in [2.05, 4.69) is 21.2 Å². The summed E-state index contributed by atoms with van der Waals surface area (Å²) in [5.41, 5.74) is 0.317. The molecule has 1 rings (SSSR count). The van der Waals surface area contributed by atoms with Crippen LogP contribution < -0.4 is 5.32 Å². The van der Waals surface area contributed by atoms with Crippen LogP contribution in [0.2, 0.25) is 0 Å². The Labute approximate surface area is 134 Å². The number of esters is 1.